The Morgan fingerprint density at radius 2 is 1.97 bits per heavy atom. The van der Waals surface area contributed by atoms with E-state index in [1.54, 1.807) is 0 Å². The van der Waals surface area contributed by atoms with Gasteiger partial charge in [-0.05, 0) is 36.6 Å². The number of benzene rings is 1. The van der Waals surface area contributed by atoms with Gasteiger partial charge in [0.15, 0.2) is 5.16 Å². The number of carbonyl (C=O) groups is 2. The van der Waals surface area contributed by atoms with Crippen molar-refractivity contribution in [3.8, 4) is 0 Å². The average molecular weight is 479 g/mol. The van der Waals surface area contributed by atoms with Crippen LogP contribution in [0.15, 0.2) is 29.4 Å². The summed E-state index contributed by atoms with van der Waals surface area (Å²) in [6, 6.07) is 7.58. The lowest BCUT2D eigenvalue weighted by molar-refractivity contribution is -0.113. The molecule has 0 spiro atoms. The van der Waals surface area contributed by atoms with E-state index in [0.717, 1.165) is 21.8 Å². The maximum atomic E-state index is 12.6. The number of methoxy groups -OCH3 is 1. The number of aryl methyl sites for hydroxylation is 1. The summed E-state index contributed by atoms with van der Waals surface area (Å²) in [6.07, 6.45) is 1.30. The molecular weight excluding hydrogens is 456 g/mol. The number of nitrogens with one attached hydrogen (secondary N) is 1. The number of anilines is 1. The number of rotatable bonds is 8. The normalized spacial score (nSPS) is 10.9. The van der Waals surface area contributed by atoms with Gasteiger partial charge in [0.1, 0.15) is 10.8 Å². The molecule has 0 aliphatic heterocycles. The number of nitrogens with zero attached hydrogens (tertiary/aromatic N) is 3. The van der Waals surface area contributed by atoms with E-state index in [9.17, 15) is 9.59 Å². The fourth-order valence-electron chi connectivity index (χ4n) is 3.11. The molecule has 1 aromatic carbocycles. The van der Waals surface area contributed by atoms with E-state index in [0.29, 0.717) is 33.6 Å². The molecule has 10 heteroatoms. The monoisotopic (exact) mass is 478 g/mol. The molecule has 0 fully saturated rings. The minimum absolute atomic E-state index is 0.145. The number of hydrogen-bond acceptors (Lipinski definition) is 7. The second-order valence-corrected chi connectivity index (χ2v) is 9.39. The molecule has 0 unspecified atom stereocenters. The van der Waals surface area contributed by atoms with Crippen LogP contribution in [0.25, 0.3) is 0 Å². The summed E-state index contributed by atoms with van der Waals surface area (Å²) in [4.78, 5) is 25.7. The van der Waals surface area contributed by atoms with Crippen molar-refractivity contribution in [3.05, 3.63) is 56.7 Å². The van der Waals surface area contributed by atoms with Gasteiger partial charge in [0, 0.05) is 23.4 Å². The zero-order valence-electron chi connectivity index (χ0n) is 17.7. The predicted octanol–water partition coefficient (Wildman–Crippen LogP) is 4.51. The van der Waals surface area contributed by atoms with Gasteiger partial charge < -0.3 is 14.6 Å². The highest BCUT2D eigenvalue weighted by Crippen LogP contribution is 2.34. The van der Waals surface area contributed by atoms with Crippen molar-refractivity contribution in [1.29, 1.82) is 0 Å². The molecule has 0 radical (unpaired) electrons. The van der Waals surface area contributed by atoms with E-state index < -0.39 is 5.97 Å². The first-order valence-electron chi connectivity index (χ1n) is 9.59. The highest BCUT2D eigenvalue weighted by molar-refractivity contribution is 7.99. The summed E-state index contributed by atoms with van der Waals surface area (Å²) in [7, 11) is 3.21. The Labute approximate surface area is 194 Å². The largest absolute Gasteiger partial charge is 0.465 e. The number of aromatic nitrogens is 3. The minimum Gasteiger partial charge on any atom is -0.465 e. The lowest BCUT2D eigenvalue weighted by Gasteiger charge is -2.07. The van der Waals surface area contributed by atoms with Crippen LogP contribution < -0.4 is 5.32 Å². The van der Waals surface area contributed by atoms with Crippen molar-refractivity contribution in [2.45, 2.75) is 31.8 Å². The van der Waals surface area contributed by atoms with Crippen molar-refractivity contribution < 1.29 is 14.3 Å². The molecule has 2 aromatic heterocycles. The van der Waals surface area contributed by atoms with Gasteiger partial charge in [-0.15, -0.1) is 21.5 Å². The molecule has 0 saturated heterocycles. The van der Waals surface area contributed by atoms with Crippen molar-refractivity contribution in [2.75, 3.05) is 18.2 Å². The van der Waals surface area contributed by atoms with E-state index in [2.05, 4.69) is 15.5 Å². The van der Waals surface area contributed by atoms with Crippen molar-refractivity contribution >= 4 is 51.6 Å². The number of halogens is 1. The molecular formula is C21H23ClN4O3S2. The van der Waals surface area contributed by atoms with Gasteiger partial charge in [0.25, 0.3) is 0 Å². The third-order valence-electron chi connectivity index (χ3n) is 4.74. The molecule has 0 bridgehead atoms. The maximum Gasteiger partial charge on any atom is 0.341 e. The Morgan fingerprint density at radius 1 is 1.26 bits per heavy atom. The van der Waals surface area contributed by atoms with Crippen molar-refractivity contribution in [1.82, 2.24) is 14.8 Å². The first-order valence-corrected chi connectivity index (χ1v) is 11.8. The highest BCUT2D eigenvalue weighted by atomic mass is 35.5. The molecule has 0 aliphatic rings. The van der Waals surface area contributed by atoms with E-state index in [4.69, 9.17) is 16.3 Å². The topological polar surface area (TPSA) is 86.1 Å². The van der Waals surface area contributed by atoms with Gasteiger partial charge in [0.2, 0.25) is 5.91 Å². The number of esters is 1. The van der Waals surface area contributed by atoms with Crippen LogP contribution in [0, 0.1) is 6.92 Å². The molecule has 1 N–H and O–H groups in total. The van der Waals surface area contributed by atoms with Crippen LogP contribution in [0.5, 0.6) is 0 Å². The molecule has 31 heavy (non-hydrogen) atoms. The minimum atomic E-state index is -0.440. The number of ether oxygens (including phenoxy) is 1. The third kappa shape index (κ3) is 5.47. The van der Waals surface area contributed by atoms with Gasteiger partial charge in [-0.25, -0.2) is 4.79 Å². The standard InChI is InChI=1S/C21H23ClN4O3S2/c1-5-15-12(2)31-19(18(15)20(28)29-4)23-17(27)11-30-21-25-24-16(26(21)3)10-13-6-8-14(22)9-7-13/h6-9H,5,10-11H2,1-4H3,(H,23,27). The van der Waals surface area contributed by atoms with Gasteiger partial charge in [0.05, 0.1) is 18.4 Å². The second-order valence-electron chi connectivity index (χ2n) is 6.78. The van der Waals surface area contributed by atoms with E-state index in [1.807, 2.05) is 49.7 Å². The Morgan fingerprint density at radius 3 is 2.61 bits per heavy atom. The summed E-state index contributed by atoms with van der Waals surface area (Å²) >= 11 is 8.61. The first-order chi connectivity index (χ1) is 14.8. The van der Waals surface area contributed by atoms with Gasteiger partial charge in [-0.3, -0.25) is 4.79 Å². The lowest BCUT2D eigenvalue weighted by Crippen LogP contribution is -2.16. The molecule has 0 saturated carbocycles. The van der Waals surface area contributed by atoms with Gasteiger partial charge in [-0.2, -0.15) is 0 Å². The summed E-state index contributed by atoms with van der Waals surface area (Å²) in [6.45, 7) is 3.90. The summed E-state index contributed by atoms with van der Waals surface area (Å²) in [5, 5.41) is 13.1. The van der Waals surface area contributed by atoms with E-state index in [1.165, 1.54) is 30.2 Å². The first kappa shape index (κ1) is 23.3. The zero-order valence-corrected chi connectivity index (χ0v) is 20.1. The maximum absolute atomic E-state index is 12.6. The third-order valence-corrected chi connectivity index (χ3v) is 7.07. The number of hydrogen-bond donors (Lipinski definition) is 1. The Balaban J connectivity index is 1.65. The molecule has 3 aromatic rings. The molecule has 3 rings (SSSR count). The predicted molar refractivity (Wildman–Crippen MR) is 124 cm³/mol. The highest BCUT2D eigenvalue weighted by Gasteiger charge is 2.23. The number of carbonyl (C=O) groups excluding carboxylic acids is 2. The van der Waals surface area contributed by atoms with Crippen LogP contribution in [-0.4, -0.2) is 39.5 Å². The smallest absolute Gasteiger partial charge is 0.341 e. The van der Waals surface area contributed by atoms with Crippen LogP contribution >= 0.6 is 34.7 Å². The molecule has 1 amide bonds. The van der Waals surface area contributed by atoms with E-state index >= 15 is 0 Å². The number of thiophene rings is 1. The SMILES string of the molecule is CCc1c(C)sc(NC(=O)CSc2nnc(Cc3ccc(Cl)cc3)n2C)c1C(=O)OC. The van der Waals surface area contributed by atoms with Crippen LogP contribution in [-0.2, 0) is 29.4 Å². The molecule has 164 valence electrons. The molecule has 7 nitrogen and oxygen atoms in total. The van der Waals surface area contributed by atoms with E-state index in [-0.39, 0.29) is 11.7 Å². The summed E-state index contributed by atoms with van der Waals surface area (Å²) < 4.78 is 6.77. The Hall–Kier alpha value is -2.36. The van der Waals surface area contributed by atoms with Crippen molar-refractivity contribution in [3.63, 3.8) is 0 Å². The van der Waals surface area contributed by atoms with Gasteiger partial charge >= 0.3 is 5.97 Å². The zero-order chi connectivity index (χ0) is 22.5. The van der Waals surface area contributed by atoms with Crippen LogP contribution in [0.2, 0.25) is 5.02 Å². The average Bonchev–Trinajstić information content (AvgIpc) is 3.26. The fourth-order valence-corrected chi connectivity index (χ4v) is 5.12. The summed E-state index contributed by atoms with van der Waals surface area (Å²) in [5.41, 5.74) is 2.42. The number of amides is 1. The fraction of sp³-hybridized carbons (Fsp3) is 0.333. The van der Waals surface area contributed by atoms with Crippen LogP contribution in [0.3, 0.4) is 0 Å². The van der Waals surface area contributed by atoms with Crippen LogP contribution in [0.4, 0.5) is 5.00 Å². The second kappa shape index (κ2) is 10.3. The molecule has 0 atom stereocenters. The van der Waals surface area contributed by atoms with Crippen LogP contribution in [0.1, 0.15) is 39.1 Å². The molecule has 0 aliphatic carbocycles. The summed E-state index contributed by atoms with van der Waals surface area (Å²) in [5.74, 6) is 0.275. The number of thioether (sulfide) groups is 1. The van der Waals surface area contributed by atoms with Crippen molar-refractivity contribution in [2.24, 2.45) is 7.05 Å². The van der Waals surface area contributed by atoms with Gasteiger partial charge in [-0.1, -0.05) is 42.4 Å². The Bertz CT molecular complexity index is 1090. The Kier molecular flexibility index (Phi) is 7.74. The quantitative estimate of drug-likeness (QED) is 0.378. The molecule has 2 heterocycles. The lowest BCUT2D eigenvalue weighted by atomic mass is 10.1.